The summed E-state index contributed by atoms with van der Waals surface area (Å²) in [6, 6.07) is 7.78. The highest BCUT2D eigenvalue weighted by atomic mass is 32.2. The van der Waals surface area contributed by atoms with Crippen molar-refractivity contribution in [2.75, 3.05) is 0 Å². The summed E-state index contributed by atoms with van der Waals surface area (Å²) in [7, 11) is -3.00. The molecule has 0 heterocycles. The fourth-order valence-electron chi connectivity index (χ4n) is 0.734. The zero-order valence-corrected chi connectivity index (χ0v) is 6.50. The molecule has 0 radical (unpaired) electrons. The third kappa shape index (κ3) is 2.01. The van der Waals surface area contributed by atoms with Crippen molar-refractivity contribution in [3.05, 3.63) is 35.9 Å². The van der Waals surface area contributed by atoms with Crippen LogP contribution in [0.25, 0.3) is 0 Å². The molecule has 0 aliphatic rings. The van der Waals surface area contributed by atoms with Gasteiger partial charge >= 0.3 is 0 Å². The summed E-state index contributed by atoms with van der Waals surface area (Å²) >= 11 is 0. The topological polar surface area (TPSA) is 34.1 Å². The van der Waals surface area contributed by atoms with Crippen LogP contribution in [0, 0.1) is 0 Å². The number of thiol groups is 1. The molecule has 1 rings (SSSR count). The van der Waals surface area contributed by atoms with E-state index in [0.29, 0.717) is 0 Å². The molecule has 1 unspecified atom stereocenters. The average Bonchev–Trinajstić information content (AvgIpc) is 2.05. The van der Waals surface area contributed by atoms with Crippen molar-refractivity contribution < 1.29 is 12.8 Å². The standard InChI is InChI=1S/C7H7FO2S/c8-7(11(9)10)6-4-2-1-3-5-6/h1-5,7,11H. The molecule has 11 heavy (non-hydrogen) atoms. The molecule has 1 aromatic rings. The highest BCUT2D eigenvalue weighted by Crippen LogP contribution is 2.16. The van der Waals surface area contributed by atoms with Crippen LogP contribution in [0.1, 0.15) is 11.1 Å². The molecule has 0 spiro atoms. The highest BCUT2D eigenvalue weighted by Gasteiger charge is 2.10. The van der Waals surface area contributed by atoms with Gasteiger partial charge < -0.3 is 0 Å². The first kappa shape index (κ1) is 8.20. The van der Waals surface area contributed by atoms with Crippen molar-refractivity contribution in [1.82, 2.24) is 0 Å². The molecule has 1 atom stereocenters. The van der Waals surface area contributed by atoms with Crippen molar-refractivity contribution in [1.29, 1.82) is 0 Å². The fraction of sp³-hybridized carbons (Fsp3) is 0.143. The number of halogens is 1. The Labute approximate surface area is 65.6 Å². The molecule has 2 nitrogen and oxygen atoms in total. The van der Waals surface area contributed by atoms with Crippen LogP contribution in [0.15, 0.2) is 30.3 Å². The Morgan fingerprint density at radius 1 is 1.18 bits per heavy atom. The summed E-state index contributed by atoms with van der Waals surface area (Å²) in [4.78, 5) is 0. The van der Waals surface area contributed by atoms with Crippen LogP contribution in [0.5, 0.6) is 0 Å². The van der Waals surface area contributed by atoms with Crippen molar-refractivity contribution in [3.8, 4) is 0 Å². The van der Waals surface area contributed by atoms with Gasteiger partial charge in [-0.15, -0.1) is 0 Å². The Bertz CT molecular complexity index is 287. The second-order valence-corrected chi connectivity index (χ2v) is 3.06. The number of benzene rings is 1. The molecule has 0 amide bonds. The third-order valence-corrected chi connectivity index (χ3v) is 1.93. The van der Waals surface area contributed by atoms with Crippen LogP contribution in [-0.4, -0.2) is 8.42 Å². The van der Waals surface area contributed by atoms with E-state index in [9.17, 15) is 12.8 Å². The van der Waals surface area contributed by atoms with Crippen LogP contribution in [-0.2, 0) is 10.7 Å². The minimum absolute atomic E-state index is 0.184. The van der Waals surface area contributed by atoms with Crippen LogP contribution in [0.4, 0.5) is 4.39 Å². The second-order valence-electron chi connectivity index (χ2n) is 2.03. The number of hydrogen-bond acceptors (Lipinski definition) is 2. The normalized spacial score (nSPS) is 13.3. The molecule has 0 saturated heterocycles. The van der Waals surface area contributed by atoms with E-state index < -0.39 is 16.2 Å². The molecule has 0 fully saturated rings. The molecule has 0 bridgehead atoms. The predicted molar refractivity (Wildman–Crippen MR) is 40.6 cm³/mol. The number of alkyl halides is 1. The SMILES string of the molecule is O=[SH](=O)C(F)c1ccccc1. The molecular weight excluding hydrogens is 167 g/mol. The minimum atomic E-state index is -3.00. The molecule has 0 saturated carbocycles. The third-order valence-electron chi connectivity index (χ3n) is 1.26. The summed E-state index contributed by atoms with van der Waals surface area (Å²) in [5, 5.41) is 0. The molecule has 0 N–H and O–H groups in total. The van der Waals surface area contributed by atoms with Gasteiger partial charge in [-0.3, -0.25) is 0 Å². The van der Waals surface area contributed by atoms with Gasteiger partial charge in [0.05, 0.1) is 0 Å². The van der Waals surface area contributed by atoms with Crippen molar-refractivity contribution >= 4 is 10.7 Å². The molecular formula is C7H7FO2S. The van der Waals surface area contributed by atoms with Gasteiger partial charge in [0.1, 0.15) is 0 Å². The van der Waals surface area contributed by atoms with Crippen molar-refractivity contribution in [2.45, 2.75) is 5.50 Å². The molecule has 60 valence electrons. The summed E-state index contributed by atoms with van der Waals surface area (Å²) < 4.78 is 33.0. The average molecular weight is 174 g/mol. The van der Waals surface area contributed by atoms with E-state index in [1.807, 2.05) is 0 Å². The van der Waals surface area contributed by atoms with Gasteiger partial charge in [-0.1, -0.05) is 30.3 Å². The lowest BCUT2D eigenvalue weighted by Crippen LogP contribution is -1.91. The van der Waals surface area contributed by atoms with Crippen molar-refractivity contribution in [3.63, 3.8) is 0 Å². The Balaban J connectivity index is 2.94. The molecule has 0 aliphatic heterocycles. The lowest BCUT2D eigenvalue weighted by Gasteiger charge is -1.97. The van der Waals surface area contributed by atoms with E-state index in [2.05, 4.69) is 0 Å². The van der Waals surface area contributed by atoms with E-state index >= 15 is 0 Å². The van der Waals surface area contributed by atoms with Crippen LogP contribution < -0.4 is 0 Å². The fourth-order valence-corrected chi connectivity index (χ4v) is 1.15. The molecule has 1 aromatic carbocycles. The predicted octanol–water partition coefficient (Wildman–Crippen LogP) is 1.27. The summed E-state index contributed by atoms with van der Waals surface area (Å²) in [6.45, 7) is 0. The van der Waals surface area contributed by atoms with Gasteiger partial charge in [0.15, 0.2) is 10.7 Å². The smallest absolute Gasteiger partial charge is 0.223 e. The lowest BCUT2D eigenvalue weighted by molar-refractivity contribution is 0.441. The Morgan fingerprint density at radius 3 is 2.18 bits per heavy atom. The quantitative estimate of drug-likeness (QED) is 0.685. The van der Waals surface area contributed by atoms with Gasteiger partial charge in [0.25, 0.3) is 0 Å². The number of hydrogen-bond donors (Lipinski definition) is 1. The van der Waals surface area contributed by atoms with E-state index in [4.69, 9.17) is 0 Å². The maximum atomic E-state index is 12.7. The monoisotopic (exact) mass is 174 g/mol. The first-order valence-corrected chi connectivity index (χ1v) is 4.29. The molecule has 4 heteroatoms. The maximum absolute atomic E-state index is 12.7. The molecule has 0 aliphatic carbocycles. The Morgan fingerprint density at radius 2 is 1.73 bits per heavy atom. The molecule has 0 aromatic heterocycles. The van der Waals surface area contributed by atoms with Crippen molar-refractivity contribution in [2.24, 2.45) is 0 Å². The van der Waals surface area contributed by atoms with Crippen LogP contribution in [0.2, 0.25) is 0 Å². The van der Waals surface area contributed by atoms with E-state index in [1.165, 1.54) is 12.1 Å². The second kappa shape index (κ2) is 3.48. The van der Waals surface area contributed by atoms with Gasteiger partial charge in [-0.25, -0.2) is 12.8 Å². The van der Waals surface area contributed by atoms with E-state index in [-0.39, 0.29) is 5.56 Å². The van der Waals surface area contributed by atoms with Gasteiger partial charge in [-0.2, -0.15) is 0 Å². The largest absolute Gasteiger partial charge is 0.228 e. The minimum Gasteiger partial charge on any atom is -0.228 e. The summed E-state index contributed by atoms with van der Waals surface area (Å²) in [5.41, 5.74) is -1.69. The Hall–Kier alpha value is -0.900. The van der Waals surface area contributed by atoms with Gasteiger partial charge in [0.2, 0.25) is 5.50 Å². The van der Waals surface area contributed by atoms with Gasteiger partial charge in [0, 0.05) is 5.56 Å². The summed E-state index contributed by atoms with van der Waals surface area (Å²) in [6.07, 6.45) is 0. The first-order valence-electron chi connectivity index (χ1n) is 3.04. The van der Waals surface area contributed by atoms with Crippen LogP contribution >= 0.6 is 0 Å². The van der Waals surface area contributed by atoms with Gasteiger partial charge in [-0.05, 0) is 0 Å². The highest BCUT2D eigenvalue weighted by molar-refractivity contribution is 7.72. The Kier molecular flexibility index (Phi) is 2.59. The lowest BCUT2D eigenvalue weighted by atomic mass is 10.2. The summed E-state index contributed by atoms with van der Waals surface area (Å²) in [5.74, 6) is 0. The van der Waals surface area contributed by atoms with Crippen LogP contribution in [0.3, 0.4) is 0 Å². The maximum Gasteiger partial charge on any atom is 0.223 e. The number of rotatable bonds is 2. The first-order chi connectivity index (χ1) is 5.22. The van der Waals surface area contributed by atoms with E-state index in [1.54, 1.807) is 18.2 Å². The zero-order valence-electron chi connectivity index (χ0n) is 5.61. The van der Waals surface area contributed by atoms with E-state index in [0.717, 1.165) is 0 Å². The zero-order chi connectivity index (χ0) is 8.27.